The van der Waals surface area contributed by atoms with Crippen molar-refractivity contribution in [2.24, 2.45) is 17.6 Å². The topological polar surface area (TPSA) is 75.4 Å². The molecule has 2 atom stereocenters. The maximum atomic E-state index is 12.6. The van der Waals surface area contributed by atoms with E-state index in [0.717, 1.165) is 16.6 Å². The van der Waals surface area contributed by atoms with Crippen LogP contribution in [0, 0.1) is 11.8 Å². The van der Waals surface area contributed by atoms with E-state index < -0.39 is 5.91 Å². The average Bonchev–Trinajstić information content (AvgIpc) is 2.85. The van der Waals surface area contributed by atoms with E-state index >= 15 is 0 Å². The van der Waals surface area contributed by atoms with E-state index in [1.807, 2.05) is 31.2 Å². The maximum absolute atomic E-state index is 12.6. The van der Waals surface area contributed by atoms with Crippen molar-refractivity contribution in [1.82, 2.24) is 10.2 Å². The van der Waals surface area contributed by atoms with Crippen molar-refractivity contribution in [3.8, 4) is 0 Å². The lowest BCUT2D eigenvalue weighted by molar-refractivity contribution is -0.139. The number of halogens is 1. The molecule has 1 heterocycles. The summed E-state index contributed by atoms with van der Waals surface area (Å²) in [5.74, 6) is -0.300. The van der Waals surface area contributed by atoms with Gasteiger partial charge >= 0.3 is 0 Å². The van der Waals surface area contributed by atoms with Crippen LogP contribution < -0.4 is 11.1 Å². The first-order valence-corrected chi connectivity index (χ1v) is 7.79. The Morgan fingerprint density at radius 3 is 2.52 bits per heavy atom. The number of carbonyl (C=O) groups is 2. The summed E-state index contributed by atoms with van der Waals surface area (Å²) in [4.78, 5) is 25.4. The Hall–Kier alpha value is -1.40. The molecule has 1 aromatic carbocycles. The Balaban J connectivity index is 2.11. The molecule has 0 aromatic heterocycles. The first kappa shape index (κ1) is 16.0. The highest BCUT2D eigenvalue weighted by Crippen LogP contribution is 2.20. The minimum atomic E-state index is -0.487. The van der Waals surface area contributed by atoms with Crippen LogP contribution in [0.4, 0.5) is 0 Å². The summed E-state index contributed by atoms with van der Waals surface area (Å²) in [6, 6.07) is 7.70. The fourth-order valence-electron chi connectivity index (χ4n) is 2.59. The predicted octanol–water partition coefficient (Wildman–Crippen LogP) is 1.12. The van der Waals surface area contributed by atoms with Crippen molar-refractivity contribution in [3.63, 3.8) is 0 Å². The van der Waals surface area contributed by atoms with E-state index in [2.05, 4.69) is 21.2 Å². The highest BCUT2D eigenvalue weighted by molar-refractivity contribution is 9.10. The molecule has 0 radical (unpaired) electrons. The molecule has 0 bridgehead atoms. The smallest absolute Gasteiger partial charge is 0.237 e. The molecule has 0 spiro atoms. The number of hydrogen-bond donors (Lipinski definition) is 2. The second kappa shape index (κ2) is 7.04. The summed E-state index contributed by atoms with van der Waals surface area (Å²) in [5, 5.41) is 3.21. The Morgan fingerprint density at radius 1 is 1.33 bits per heavy atom. The largest absolute Gasteiger partial charge is 0.368 e. The van der Waals surface area contributed by atoms with Gasteiger partial charge in [-0.15, -0.1) is 0 Å². The molecule has 0 saturated carbocycles. The number of benzene rings is 1. The van der Waals surface area contributed by atoms with E-state index in [1.165, 1.54) is 0 Å². The molecule has 0 aliphatic carbocycles. The normalized spacial score (nSPS) is 21.2. The molecule has 5 nitrogen and oxygen atoms in total. The van der Waals surface area contributed by atoms with Crippen LogP contribution >= 0.6 is 15.9 Å². The maximum Gasteiger partial charge on any atom is 0.237 e. The molecule has 1 aromatic rings. The van der Waals surface area contributed by atoms with Crippen molar-refractivity contribution in [2.45, 2.75) is 13.5 Å². The second-order valence-corrected chi connectivity index (χ2v) is 6.44. The van der Waals surface area contributed by atoms with Gasteiger partial charge in [-0.05, 0) is 30.2 Å². The molecule has 1 aliphatic rings. The quantitative estimate of drug-likeness (QED) is 0.832. The number of nitrogens with one attached hydrogen (secondary N) is 1. The summed E-state index contributed by atoms with van der Waals surface area (Å²) in [6.45, 7) is 3.90. The molecule has 2 unspecified atom stereocenters. The van der Waals surface area contributed by atoms with Crippen LogP contribution in [-0.2, 0) is 16.1 Å². The van der Waals surface area contributed by atoms with Crippen LogP contribution in [0.2, 0.25) is 0 Å². The summed E-state index contributed by atoms with van der Waals surface area (Å²) in [6.07, 6.45) is 0. The minimum Gasteiger partial charge on any atom is -0.368 e. The number of rotatable bonds is 5. The van der Waals surface area contributed by atoms with Crippen LogP contribution in [0.25, 0.3) is 0 Å². The first-order chi connectivity index (χ1) is 9.97. The Kier molecular flexibility index (Phi) is 5.36. The molecular formula is C15H20BrN3O2. The van der Waals surface area contributed by atoms with Crippen molar-refractivity contribution in [2.75, 3.05) is 19.6 Å². The van der Waals surface area contributed by atoms with Gasteiger partial charge in [0.05, 0.1) is 12.5 Å². The van der Waals surface area contributed by atoms with Crippen molar-refractivity contribution in [1.29, 1.82) is 0 Å². The van der Waals surface area contributed by atoms with Gasteiger partial charge in [-0.2, -0.15) is 0 Å². The van der Waals surface area contributed by atoms with Gasteiger partial charge in [0.25, 0.3) is 0 Å². The summed E-state index contributed by atoms with van der Waals surface area (Å²) >= 11 is 3.38. The van der Waals surface area contributed by atoms with Gasteiger partial charge in [-0.25, -0.2) is 0 Å². The number of carbonyl (C=O) groups excluding carboxylic acids is 2. The van der Waals surface area contributed by atoms with Gasteiger partial charge in [-0.3, -0.25) is 9.59 Å². The number of primary amides is 1. The number of amides is 2. The Morgan fingerprint density at radius 2 is 2.00 bits per heavy atom. The fraction of sp³-hybridized carbons (Fsp3) is 0.467. The average molecular weight is 354 g/mol. The van der Waals surface area contributed by atoms with E-state index in [-0.39, 0.29) is 24.3 Å². The lowest BCUT2D eigenvalue weighted by Gasteiger charge is -2.26. The molecule has 1 aliphatic heterocycles. The molecule has 3 N–H and O–H groups in total. The van der Waals surface area contributed by atoms with Crippen molar-refractivity contribution in [3.05, 3.63) is 34.3 Å². The second-order valence-electron chi connectivity index (χ2n) is 5.53. The third kappa shape index (κ3) is 4.28. The molecule has 2 amide bonds. The number of nitrogens with zero attached hydrogens (tertiary/aromatic N) is 1. The Labute approximate surface area is 133 Å². The zero-order valence-corrected chi connectivity index (χ0v) is 13.6. The molecule has 21 heavy (non-hydrogen) atoms. The van der Waals surface area contributed by atoms with Gasteiger partial charge in [0.15, 0.2) is 0 Å². The van der Waals surface area contributed by atoms with Gasteiger partial charge in [0.2, 0.25) is 11.8 Å². The predicted molar refractivity (Wildman–Crippen MR) is 84.3 cm³/mol. The zero-order valence-electron chi connectivity index (χ0n) is 12.0. The lowest BCUT2D eigenvalue weighted by atomic mass is 9.96. The van der Waals surface area contributed by atoms with E-state index in [1.54, 1.807) is 4.90 Å². The van der Waals surface area contributed by atoms with E-state index in [9.17, 15) is 9.59 Å². The highest BCUT2D eigenvalue weighted by Gasteiger charge is 2.33. The molecule has 114 valence electrons. The SMILES string of the molecule is CC1CNCC1C(=O)N(CC(N)=O)Cc1ccc(Br)cc1. The van der Waals surface area contributed by atoms with E-state index in [0.29, 0.717) is 13.1 Å². The van der Waals surface area contributed by atoms with E-state index in [4.69, 9.17) is 5.73 Å². The molecule has 2 rings (SSSR count). The van der Waals surface area contributed by atoms with Crippen molar-refractivity contribution >= 4 is 27.7 Å². The lowest BCUT2D eigenvalue weighted by Crippen LogP contribution is -2.43. The van der Waals surface area contributed by atoms with Crippen LogP contribution in [0.1, 0.15) is 12.5 Å². The third-order valence-corrected chi connectivity index (χ3v) is 4.31. The summed E-state index contributed by atoms with van der Waals surface area (Å²) < 4.78 is 0.979. The molecule has 6 heteroatoms. The zero-order chi connectivity index (χ0) is 15.4. The molecule has 1 fully saturated rings. The number of nitrogens with two attached hydrogens (primary N) is 1. The summed E-state index contributed by atoms with van der Waals surface area (Å²) in [7, 11) is 0. The standard InChI is InChI=1S/C15H20BrN3O2/c1-10-6-18-7-13(10)15(21)19(9-14(17)20)8-11-2-4-12(16)5-3-11/h2-5,10,13,18H,6-9H2,1H3,(H2,17,20). The van der Waals surface area contributed by atoms with Gasteiger partial charge in [0, 0.05) is 17.6 Å². The molecule has 1 saturated heterocycles. The van der Waals surface area contributed by atoms with Crippen LogP contribution in [0.15, 0.2) is 28.7 Å². The van der Waals surface area contributed by atoms with Crippen LogP contribution in [-0.4, -0.2) is 36.3 Å². The Bertz CT molecular complexity index is 518. The highest BCUT2D eigenvalue weighted by atomic mass is 79.9. The molecular weight excluding hydrogens is 334 g/mol. The number of hydrogen-bond acceptors (Lipinski definition) is 3. The van der Waals surface area contributed by atoms with Gasteiger partial charge in [-0.1, -0.05) is 35.0 Å². The monoisotopic (exact) mass is 353 g/mol. The van der Waals surface area contributed by atoms with Gasteiger partial charge < -0.3 is 16.0 Å². The fourth-order valence-corrected chi connectivity index (χ4v) is 2.85. The van der Waals surface area contributed by atoms with Crippen LogP contribution in [0.5, 0.6) is 0 Å². The van der Waals surface area contributed by atoms with Crippen LogP contribution in [0.3, 0.4) is 0 Å². The third-order valence-electron chi connectivity index (χ3n) is 3.78. The summed E-state index contributed by atoms with van der Waals surface area (Å²) in [5.41, 5.74) is 6.26. The van der Waals surface area contributed by atoms with Crippen molar-refractivity contribution < 1.29 is 9.59 Å². The minimum absolute atomic E-state index is 0.00535. The first-order valence-electron chi connectivity index (χ1n) is 6.99. The van der Waals surface area contributed by atoms with Gasteiger partial charge in [0.1, 0.15) is 0 Å².